The van der Waals surface area contributed by atoms with Gasteiger partial charge in [0.25, 0.3) is 0 Å². The highest BCUT2D eigenvalue weighted by Crippen LogP contribution is 2.21. The fourth-order valence-corrected chi connectivity index (χ4v) is 2.50. The zero-order valence-electron chi connectivity index (χ0n) is 14.2. The predicted octanol–water partition coefficient (Wildman–Crippen LogP) is 3.69. The molecule has 2 rings (SSSR count). The molecular formula is C19H25NO3. The van der Waals surface area contributed by atoms with Gasteiger partial charge in [0, 0.05) is 18.7 Å². The van der Waals surface area contributed by atoms with Gasteiger partial charge in [0.15, 0.2) is 0 Å². The number of hydrogen-bond donors (Lipinski definition) is 0. The Hall–Kier alpha value is -2.15. The third kappa shape index (κ3) is 5.52. The smallest absolute Gasteiger partial charge is 0.410 e. The van der Waals surface area contributed by atoms with Crippen molar-refractivity contribution in [3.8, 4) is 18.1 Å². The van der Waals surface area contributed by atoms with Crippen molar-refractivity contribution in [2.75, 3.05) is 19.7 Å². The molecule has 0 unspecified atom stereocenters. The Bertz CT molecular complexity index is 575. The molecule has 0 aliphatic carbocycles. The highest BCUT2D eigenvalue weighted by atomic mass is 16.6. The average Bonchev–Trinajstić information content (AvgIpc) is 2.52. The van der Waals surface area contributed by atoms with Crippen LogP contribution in [0.25, 0.3) is 0 Å². The van der Waals surface area contributed by atoms with Gasteiger partial charge in [-0.2, -0.15) is 0 Å². The average molecular weight is 315 g/mol. The van der Waals surface area contributed by atoms with E-state index in [9.17, 15) is 4.79 Å². The van der Waals surface area contributed by atoms with Crippen molar-refractivity contribution >= 4 is 6.09 Å². The predicted molar refractivity (Wildman–Crippen MR) is 90.4 cm³/mol. The van der Waals surface area contributed by atoms with Crippen LogP contribution in [0.15, 0.2) is 24.3 Å². The summed E-state index contributed by atoms with van der Waals surface area (Å²) in [6, 6.07) is 7.56. The summed E-state index contributed by atoms with van der Waals surface area (Å²) < 4.78 is 11.2. The SMILES string of the molecule is C#Cc1cccc(OCC2CCN(C(=O)OC(C)(C)C)CC2)c1. The number of rotatable bonds is 3. The second-order valence-electron chi connectivity index (χ2n) is 6.89. The molecule has 0 N–H and O–H groups in total. The Morgan fingerprint density at radius 3 is 2.65 bits per heavy atom. The maximum absolute atomic E-state index is 12.0. The quantitative estimate of drug-likeness (QED) is 0.799. The summed E-state index contributed by atoms with van der Waals surface area (Å²) in [5.41, 5.74) is 0.376. The molecule has 124 valence electrons. The van der Waals surface area contributed by atoms with Crippen molar-refractivity contribution < 1.29 is 14.3 Å². The standard InChI is InChI=1S/C19H25NO3/c1-5-15-7-6-8-17(13-15)22-14-16-9-11-20(12-10-16)18(21)23-19(2,3)4/h1,6-8,13,16H,9-12,14H2,2-4H3. The van der Waals surface area contributed by atoms with Crippen LogP contribution in [0, 0.1) is 18.3 Å². The minimum Gasteiger partial charge on any atom is -0.493 e. The highest BCUT2D eigenvalue weighted by molar-refractivity contribution is 5.68. The molecule has 23 heavy (non-hydrogen) atoms. The van der Waals surface area contributed by atoms with Gasteiger partial charge in [-0.25, -0.2) is 4.79 Å². The van der Waals surface area contributed by atoms with E-state index in [1.807, 2.05) is 45.0 Å². The number of terminal acetylenes is 1. The van der Waals surface area contributed by atoms with Gasteiger partial charge in [0.2, 0.25) is 0 Å². The van der Waals surface area contributed by atoms with Crippen LogP contribution in [0.4, 0.5) is 4.79 Å². The molecule has 1 aromatic rings. The van der Waals surface area contributed by atoms with Crippen molar-refractivity contribution in [3.63, 3.8) is 0 Å². The van der Waals surface area contributed by atoms with Gasteiger partial charge in [-0.1, -0.05) is 12.0 Å². The van der Waals surface area contributed by atoms with Crippen molar-refractivity contribution in [3.05, 3.63) is 29.8 Å². The molecule has 4 nitrogen and oxygen atoms in total. The van der Waals surface area contributed by atoms with Crippen LogP contribution in [0.5, 0.6) is 5.75 Å². The van der Waals surface area contributed by atoms with E-state index < -0.39 is 5.60 Å². The van der Waals surface area contributed by atoms with Gasteiger partial charge in [-0.15, -0.1) is 6.42 Å². The molecule has 0 atom stereocenters. The van der Waals surface area contributed by atoms with Crippen molar-refractivity contribution in [2.24, 2.45) is 5.92 Å². The zero-order chi connectivity index (χ0) is 16.9. The Balaban J connectivity index is 1.76. The van der Waals surface area contributed by atoms with E-state index in [0.29, 0.717) is 25.6 Å². The van der Waals surface area contributed by atoms with E-state index in [2.05, 4.69) is 5.92 Å². The number of carbonyl (C=O) groups excluding carboxylic acids is 1. The Labute approximate surface area is 138 Å². The molecule has 1 aliphatic rings. The van der Waals surface area contributed by atoms with E-state index in [4.69, 9.17) is 15.9 Å². The molecular weight excluding hydrogens is 290 g/mol. The summed E-state index contributed by atoms with van der Waals surface area (Å²) in [4.78, 5) is 13.8. The fourth-order valence-electron chi connectivity index (χ4n) is 2.50. The highest BCUT2D eigenvalue weighted by Gasteiger charge is 2.27. The lowest BCUT2D eigenvalue weighted by Gasteiger charge is -2.33. The fraction of sp³-hybridized carbons (Fsp3) is 0.526. The van der Waals surface area contributed by atoms with E-state index in [1.54, 1.807) is 4.90 Å². The van der Waals surface area contributed by atoms with Crippen molar-refractivity contribution in [1.29, 1.82) is 0 Å². The maximum Gasteiger partial charge on any atom is 0.410 e. The van der Waals surface area contributed by atoms with E-state index >= 15 is 0 Å². The number of likely N-dealkylation sites (tertiary alicyclic amines) is 1. The molecule has 1 heterocycles. The number of nitrogens with zero attached hydrogens (tertiary/aromatic N) is 1. The lowest BCUT2D eigenvalue weighted by molar-refractivity contribution is 0.0165. The molecule has 1 amide bonds. The van der Waals surface area contributed by atoms with Crippen LogP contribution >= 0.6 is 0 Å². The summed E-state index contributed by atoms with van der Waals surface area (Å²) in [7, 11) is 0. The van der Waals surface area contributed by atoms with Gasteiger partial charge < -0.3 is 14.4 Å². The molecule has 1 aliphatic heterocycles. The molecule has 0 spiro atoms. The second-order valence-corrected chi connectivity index (χ2v) is 6.89. The van der Waals surface area contributed by atoms with Crippen LogP contribution in [-0.4, -0.2) is 36.3 Å². The van der Waals surface area contributed by atoms with Crippen LogP contribution in [0.1, 0.15) is 39.2 Å². The summed E-state index contributed by atoms with van der Waals surface area (Å²) >= 11 is 0. The van der Waals surface area contributed by atoms with E-state index in [1.165, 1.54) is 0 Å². The molecule has 0 aromatic heterocycles. The van der Waals surface area contributed by atoms with Crippen LogP contribution in [-0.2, 0) is 4.74 Å². The van der Waals surface area contributed by atoms with E-state index in [0.717, 1.165) is 24.2 Å². The lowest BCUT2D eigenvalue weighted by Crippen LogP contribution is -2.42. The maximum atomic E-state index is 12.0. The summed E-state index contributed by atoms with van der Waals surface area (Å²) in [5, 5.41) is 0. The first kappa shape index (κ1) is 17.2. The van der Waals surface area contributed by atoms with Gasteiger partial charge in [0.05, 0.1) is 6.61 Å². The minimum atomic E-state index is -0.445. The molecule has 0 radical (unpaired) electrons. The normalized spacial score (nSPS) is 15.8. The minimum absolute atomic E-state index is 0.224. The Morgan fingerprint density at radius 1 is 1.35 bits per heavy atom. The first-order chi connectivity index (χ1) is 10.9. The Morgan fingerprint density at radius 2 is 2.04 bits per heavy atom. The van der Waals surface area contributed by atoms with Gasteiger partial charge in [-0.05, 0) is 57.7 Å². The first-order valence-electron chi connectivity index (χ1n) is 8.05. The molecule has 0 bridgehead atoms. The topological polar surface area (TPSA) is 38.8 Å². The third-order valence-electron chi connectivity index (χ3n) is 3.75. The monoisotopic (exact) mass is 315 g/mol. The van der Waals surface area contributed by atoms with Crippen molar-refractivity contribution in [2.45, 2.75) is 39.2 Å². The number of piperidine rings is 1. The number of ether oxygens (including phenoxy) is 2. The molecule has 1 fully saturated rings. The summed E-state index contributed by atoms with van der Waals surface area (Å²) in [5.74, 6) is 3.85. The number of hydrogen-bond acceptors (Lipinski definition) is 3. The molecule has 4 heteroatoms. The van der Waals surface area contributed by atoms with Crippen molar-refractivity contribution in [1.82, 2.24) is 4.90 Å². The van der Waals surface area contributed by atoms with Crippen LogP contribution < -0.4 is 4.74 Å². The number of carbonyl (C=O) groups is 1. The molecule has 1 saturated heterocycles. The largest absolute Gasteiger partial charge is 0.493 e. The first-order valence-corrected chi connectivity index (χ1v) is 8.05. The zero-order valence-corrected chi connectivity index (χ0v) is 14.2. The summed E-state index contributed by atoms with van der Waals surface area (Å²) in [6.07, 6.45) is 7.02. The molecule has 1 aromatic carbocycles. The van der Waals surface area contributed by atoms with Gasteiger partial charge >= 0.3 is 6.09 Å². The van der Waals surface area contributed by atoms with Gasteiger partial charge in [0.1, 0.15) is 11.4 Å². The second kappa shape index (κ2) is 7.41. The van der Waals surface area contributed by atoms with E-state index in [-0.39, 0.29) is 6.09 Å². The number of amides is 1. The lowest BCUT2D eigenvalue weighted by atomic mass is 9.98. The Kier molecular flexibility index (Phi) is 5.54. The molecule has 0 saturated carbocycles. The van der Waals surface area contributed by atoms with Crippen LogP contribution in [0.3, 0.4) is 0 Å². The number of benzene rings is 1. The van der Waals surface area contributed by atoms with Crippen LogP contribution in [0.2, 0.25) is 0 Å². The third-order valence-corrected chi connectivity index (χ3v) is 3.75. The van der Waals surface area contributed by atoms with Gasteiger partial charge in [-0.3, -0.25) is 0 Å². The summed E-state index contributed by atoms with van der Waals surface area (Å²) in [6.45, 7) is 7.73.